The lowest BCUT2D eigenvalue weighted by Gasteiger charge is -2.37. The third-order valence-electron chi connectivity index (χ3n) is 7.70. The van der Waals surface area contributed by atoms with Crippen LogP contribution in [0.25, 0.3) is 0 Å². The summed E-state index contributed by atoms with van der Waals surface area (Å²) >= 11 is 5.67. The van der Waals surface area contributed by atoms with Crippen LogP contribution in [0, 0.1) is 5.92 Å². The highest BCUT2D eigenvalue weighted by atomic mass is 32.1. The summed E-state index contributed by atoms with van der Waals surface area (Å²) in [5.74, 6) is 3.39. The Morgan fingerprint density at radius 3 is 2.06 bits per heavy atom. The average Bonchev–Trinajstić information content (AvgIpc) is 2.90. The van der Waals surface area contributed by atoms with Gasteiger partial charge in [-0.1, -0.05) is 44.4 Å². The van der Waals surface area contributed by atoms with Gasteiger partial charge in [0, 0.05) is 57.1 Å². The van der Waals surface area contributed by atoms with Gasteiger partial charge in [-0.15, -0.1) is 0 Å². The van der Waals surface area contributed by atoms with Crippen LogP contribution in [0.1, 0.15) is 51.9 Å². The number of piperidine rings is 1. The lowest BCUT2D eigenvalue weighted by Crippen LogP contribution is -2.47. The number of benzene rings is 1. The van der Waals surface area contributed by atoms with Crippen LogP contribution in [-0.4, -0.2) is 60.4 Å². The van der Waals surface area contributed by atoms with Gasteiger partial charge in [0.15, 0.2) is 5.11 Å². The molecular weight excluding hydrogens is 454 g/mol. The number of piperazine rings is 1. The molecule has 8 heteroatoms. The van der Waals surface area contributed by atoms with Gasteiger partial charge in [0.05, 0.1) is 0 Å². The fraction of sp³-hybridized carbons (Fsp3) is 0.593. The van der Waals surface area contributed by atoms with Crippen molar-refractivity contribution >= 4 is 40.6 Å². The van der Waals surface area contributed by atoms with Crippen LogP contribution < -0.4 is 25.3 Å². The summed E-state index contributed by atoms with van der Waals surface area (Å²) in [5.41, 5.74) is 1.29. The molecule has 1 aliphatic carbocycles. The molecule has 0 amide bonds. The zero-order chi connectivity index (χ0) is 24.0. The molecule has 35 heavy (non-hydrogen) atoms. The maximum absolute atomic E-state index is 5.67. The van der Waals surface area contributed by atoms with Crippen molar-refractivity contribution in [2.45, 2.75) is 57.9 Å². The van der Waals surface area contributed by atoms with Gasteiger partial charge in [0.1, 0.15) is 11.6 Å². The van der Waals surface area contributed by atoms with Gasteiger partial charge in [-0.3, -0.25) is 0 Å². The van der Waals surface area contributed by atoms with Crippen molar-refractivity contribution < 1.29 is 0 Å². The first-order valence-corrected chi connectivity index (χ1v) is 13.8. The lowest BCUT2D eigenvalue weighted by molar-refractivity contribution is 0.414. The van der Waals surface area contributed by atoms with Crippen molar-refractivity contribution in [1.29, 1.82) is 0 Å². The highest BCUT2D eigenvalue weighted by Crippen LogP contribution is 2.27. The molecule has 2 aliphatic heterocycles. The zero-order valence-corrected chi connectivity index (χ0v) is 21.8. The van der Waals surface area contributed by atoms with Crippen LogP contribution in [0.5, 0.6) is 0 Å². The lowest BCUT2D eigenvalue weighted by atomic mass is 9.96. The second kappa shape index (κ2) is 11.4. The number of rotatable bonds is 5. The standard InChI is InChI=1S/C27H39N7S/c1-21-12-14-33(15-13-21)24-20-25(34-18-16-32(17-19-34)23-10-6-3-7-11-23)30-26(29-24)31-27(35)28-22-8-4-2-5-9-22/h3,6-7,10-11,20-22H,2,4-5,8-9,12-19H2,1H3,(H2,28,29,30,31,35). The van der Waals surface area contributed by atoms with E-state index in [0.717, 1.165) is 56.8 Å². The van der Waals surface area contributed by atoms with Gasteiger partial charge >= 0.3 is 0 Å². The fourth-order valence-electron chi connectivity index (χ4n) is 5.44. The maximum Gasteiger partial charge on any atom is 0.232 e. The molecule has 0 atom stereocenters. The van der Waals surface area contributed by atoms with Gasteiger partial charge in [-0.05, 0) is 56.0 Å². The van der Waals surface area contributed by atoms with Gasteiger partial charge in [-0.25, -0.2) is 0 Å². The highest BCUT2D eigenvalue weighted by Gasteiger charge is 2.23. The Labute approximate surface area is 215 Å². The highest BCUT2D eigenvalue weighted by molar-refractivity contribution is 7.80. The molecule has 0 bridgehead atoms. The van der Waals surface area contributed by atoms with E-state index in [1.807, 2.05) is 0 Å². The minimum Gasteiger partial charge on any atom is -0.368 e. The van der Waals surface area contributed by atoms with Crippen LogP contribution in [0.4, 0.5) is 23.3 Å². The van der Waals surface area contributed by atoms with Crippen molar-refractivity contribution in [3.63, 3.8) is 0 Å². The normalized spacial score (nSPS) is 20.1. The largest absolute Gasteiger partial charge is 0.368 e. The molecule has 3 fully saturated rings. The van der Waals surface area contributed by atoms with Crippen molar-refractivity contribution in [3.05, 3.63) is 36.4 Å². The number of para-hydroxylation sites is 1. The maximum atomic E-state index is 5.67. The summed E-state index contributed by atoms with van der Waals surface area (Å²) < 4.78 is 0. The second-order valence-corrected chi connectivity index (χ2v) is 10.7. The molecule has 1 saturated carbocycles. The Morgan fingerprint density at radius 1 is 0.800 bits per heavy atom. The molecule has 3 heterocycles. The van der Waals surface area contributed by atoms with Crippen molar-refractivity contribution in [2.24, 2.45) is 5.92 Å². The van der Waals surface area contributed by atoms with E-state index in [4.69, 9.17) is 22.2 Å². The molecule has 188 valence electrons. The Kier molecular flexibility index (Phi) is 7.86. The first-order chi connectivity index (χ1) is 17.1. The van der Waals surface area contributed by atoms with E-state index < -0.39 is 0 Å². The third-order valence-corrected chi connectivity index (χ3v) is 7.92. The summed E-state index contributed by atoms with van der Waals surface area (Å²) in [6.45, 7) is 8.27. The van der Waals surface area contributed by atoms with Crippen molar-refractivity contribution in [3.8, 4) is 0 Å². The van der Waals surface area contributed by atoms with Gasteiger partial charge in [0.2, 0.25) is 5.95 Å². The molecule has 0 radical (unpaired) electrons. The average molecular weight is 494 g/mol. The molecule has 2 saturated heterocycles. The van der Waals surface area contributed by atoms with E-state index in [0.29, 0.717) is 17.1 Å². The molecule has 2 N–H and O–H groups in total. The monoisotopic (exact) mass is 493 g/mol. The van der Waals surface area contributed by atoms with Crippen molar-refractivity contribution in [2.75, 3.05) is 59.3 Å². The minimum atomic E-state index is 0.459. The number of aromatic nitrogens is 2. The van der Waals surface area contributed by atoms with Crippen molar-refractivity contribution in [1.82, 2.24) is 15.3 Å². The van der Waals surface area contributed by atoms with E-state index >= 15 is 0 Å². The number of hydrogen-bond donors (Lipinski definition) is 2. The van der Waals surface area contributed by atoms with Crippen LogP contribution in [0.15, 0.2) is 36.4 Å². The predicted molar refractivity (Wildman–Crippen MR) is 150 cm³/mol. The minimum absolute atomic E-state index is 0.459. The van der Waals surface area contributed by atoms with E-state index in [2.05, 4.69) is 68.7 Å². The first-order valence-electron chi connectivity index (χ1n) is 13.4. The smallest absolute Gasteiger partial charge is 0.232 e. The quantitative estimate of drug-likeness (QED) is 0.584. The molecule has 0 unspecified atom stereocenters. The molecule has 1 aromatic heterocycles. The van der Waals surface area contributed by atoms with Crippen LogP contribution in [-0.2, 0) is 0 Å². The Morgan fingerprint density at radius 2 is 1.40 bits per heavy atom. The van der Waals surface area contributed by atoms with E-state index in [1.54, 1.807) is 0 Å². The number of anilines is 4. The Hall–Kier alpha value is -2.61. The number of thiocarbonyl (C=S) groups is 1. The van der Waals surface area contributed by atoms with Gasteiger partial charge in [-0.2, -0.15) is 9.97 Å². The van der Waals surface area contributed by atoms with E-state index in [-0.39, 0.29) is 0 Å². The predicted octanol–water partition coefficient (Wildman–Crippen LogP) is 4.66. The van der Waals surface area contributed by atoms with E-state index in [1.165, 1.54) is 50.6 Å². The van der Waals surface area contributed by atoms with E-state index in [9.17, 15) is 0 Å². The summed E-state index contributed by atoms with van der Waals surface area (Å²) in [5, 5.41) is 7.47. The molecule has 0 spiro atoms. The Balaban J connectivity index is 1.30. The topological polar surface area (TPSA) is 59.6 Å². The van der Waals surface area contributed by atoms with Crippen LogP contribution in [0.2, 0.25) is 0 Å². The summed E-state index contributed by atoms with van der Waals surface area (Å²) in [6.07, 6.45) is 8.67. The van der Waals surface area contributed by atoms with Crippen LogP contribution in [0.3, 0.4) is 0 Å². The summed E-state index contributed by atoms with van der Waals surface area (Å²) in [4.78, 5) is 17.1. The Bertz CT molecular complexity index is 963. The zero-order valence-electron chi connectivity index (χ0n) is 21.0. The first kappa shape index (κ1) is 24.1. The molecule has 5 rings (SSSR count). The third kappa shape index (κ3) is 6.34. The van der Waals surface area contributed by atoms with Crippen LogP contribution >= 0.6 is 12.2 Å². The fourth-order valence-corrected chi connectivity index (χ4v) is 5.70. The summed E-state index contributed by atoms with van der Waals surface area (Å²) in [6, 6.07) is 13.3. The molecular formula is C27H39N7S. The summed E-state index contributed by atoms with van der Waals surface area (Å²) in [7, 11) is 0. The number of nitrogens with zero attached hydrogens (tertiary/aromatic N) is 5. The SMILES string of the molecule is CC1CCN(c2cc(N3CCN(c4ccccc4)CC3)nc(NC(=S)NC3CCCCC3)n2)CC1. The molecule has 3 aliphatic rings. The second-order valence-electron chi connectivity index (χ2n) is 10.3. The van der Waals surface area contributed by atoms with Gasteiger partial charge in [0.25, 0.3) is 0 Å². The molecule has 2 aromatic rings. The van der Waals surface area contributed by atoms with Gasteiger partial charge < -0.3 is 25.3 Å². The number of hydrogen-bond acceptors (Lipinski definition) is 6. The molecule has 1 aromatic carbocycles. The molecule has 7 nitrogen and oxygen atoms in total. The number of nitrogens with one attached hydrogen (secondary N) is 2.